The predicted molar refractivity (Wildman–Crippen MR) is 86.6 cm³/mol. The van der Waals surface area contributed by atoms with Gasteiger partial charge in [-0.15, -0.1) is 0 Å². The van der Waals surface area contributed by atoms with E-state index in [1.807, 2.05) is 0 Å². The van der Waals surface area contributed by atoms with Crippen molar-refractivity contribution in [2.24, 2.45) is 11.8 Å². The monoisotopic (exact) mass is 310 g/mol. The molecule has 0 spiro atoms. The quantitative estimate of drug-likeness (QED) is 0.922. The van der Waals surface area contributed by atoms with Gasteiger partial charge in [0.15, 0.2) is 0 Å². The Morgan fingerprint density at radius 2 is 2.04 bits per heavy atom. The molecule has 2 saturated carbocycles. The van der Waals surface area contributed by atoms with Crippen LogP contribution in [0.5, 0.6) is 0 Å². The van der Waals surface area contributed by atoms with Gasteiger partial charge >= 0.3 is 0 Å². The van der Waals surface area contributed by atoms with Crippen LogP contribution in [-0.4, -0.2) is 26.7 Å². The molecule has 2 aliphatic carbocycles. The van der Waals surface area contributed by atoms with Crippen LogP contribution in [0, 0.1) is 11.8 Å². The molecule has 2 fully saturated rings. The summed E-state index contributed by atoms with van der Waals surface area (Å²) in [6.07, 6.45) is 7.45. The van der Waals surface area contributed by atoms with Gasteiger partial charge in [0, 0.05) is 18.4 Å². The van der Waals surface area contributed by atoms with Gasteiger partial charge in [-0.1, -0.05) is 36.8 Å². The third-order valence-corrected chi connectivity index (χ3v) is 5.48. The Hall–Kier alpha value is -2.17. The topological polar surface area (TPSA) is 59.8 Å². The van der Waals surface area contributed by atoms with Gasteiger partial charge in [0.25, 0.3) is 0 Å². The fraction of sp³-hybridized carbons (Fsp3) is 0.500. The van der Waals surface area contributed by atoms with Crippen LogP contribution in [0.4, 0.5) is 0 Å². The number of aryl methyl sites for hydroxylation is 1. The highest BCUT2D eigenvalue weighted by molar-refractivity contribution is 5.76. The number of carbonyl (C=O) groups excluding carboxylic acids is 1. The van der Waals surface area contributed by atoms with E-state index in [1.54, 1.807) is 11.0 Å². The summed E-state index contributed by atoms with van der Waals surface area (Å²) in [5.74, 6) is 2.02. The molecule has 4 atom stereocenters. The first-order valence-electron chi connectivity index (χ1n) is 8.49. The van der Waals surface area contributed by atoms with Gasteiger partial charge in [0.05, 0.1) is 6.54 Å². The third-order valence-electron chi connectivity index (χ3n) is 5.48. The predicted octanol–water partition coefficient (Wildman–Crippen LogP) is 2.37. The van der Waals surface area contributed by atoms with Crippen LogP contribution in [0.25, 0.3) is 0 Å². The van der Waals surface area contributed by atoms with Crippen LogP contribution >= 0.6 is 0 Å². The third kappa shape index (κ3) is 2.76. The summed E-state index contributed by atoms with van der Waals surface area (Å²) in [7, 11) is 0. The average Bonchev–Trinajstić information content (AvgIpc) is 3.22. The second-order valence-electron chi connectivity index (χ2n) is 6.70. The lowest BCUT2D eigenvalue weighted by atomic mass is 9.60. The number of nitrogens with one attached hydrogen (secondary N) is 1. The Morgan fingerprint density at radius 1 is 1.22 bits per heavy atom. The molecule has 2 aliphatic rings. The smallest absolute Gasteiger partial charge is 0.222 e. The molecular formula is C18H22N4O. The maximum Gasteiger partial charge on any atom is 0.222 e. The molecule has 1 N–H and O–H groups in total. The molecular weight excluding hydrogens is 288 g/mol. The first-order chi connectivity index (χ1) is 11.3. The van der Waals surface area contributed by atoms with Crippen molar-refractivity contribution in [2.75, 3.05) is 0 Å². The van der Waals surface area contributed by atoms with Crippen LogP contribution in [0.2, 0.25) is 0 Å². The average molecular weight is 310 g/mol. The molecule has 5 nitrogen and oxygen atoms in total. The van der Waals surface area contributed by atoms with E-state index >= 15 is 0 Å². The number of fused-ring (bicyclic) bond motifs is 1. The van der Waals surface area contributed by atoms with Crippen molar-refractivity contribution < 1.29 is 4.79 Å². The SMILES string of the molecule is O=C(CCn1cncn1)N[C@@H]1[C@@H]2CCC[C@@H]2[C@H]1c1ccccc1. The molecule has 0 bridgehead atoms. The molecule has 1 aromatic carbocycles. The summed E-state index contributed by atoms with van der Waals surface area (Å²) in [5, 5.41) is 7.34. The van der Waals surface area contributed by atoms with Crippen molar-refractivity contribution in [3.05, 3.63) is 48.5 Å². The molecule has 23 heavy (non-hydrogen) atoms. The fourth-order valence-corrected chi connectivity index (χ4v) is 4.45. The van der Waals surface area contributed by atoms with Crippen LogP contribution in [0.3, 0.4) is 0 Å². The number of benzene rings is 1. The molecule has 120 valence electrons. The normalized spacial score (nSPS) is 28.9. The maximum absolute atomic E-state index is 12.3. The molecule has 1 amide bonds. The minimum Gasteiger partial charge on any atom is -0.352 e. The largest absolute Gasteiger partial charge is 0.352 e. The van der Waals surface area contributed by atoms with Gasteiger partial charge in [-0.3, -0.25) is 9.48 Å². The van der Waals surface area contributed by atoms with E-state index in [-0.39, 0.29) is 5.91 Å². The summed E-state index contributed by atoms with van der Waals surface area (Å²) in [6, 6.07) is 11.0. The van der Waals surface area contributed by atoms with E-state index in [0.29, 0.717) is 30.8 Å². The zero-order valence-corrected chi connectivity index (χ0v) is 13.1. The standard InChI is InChI=1S/C18H22N4O/c23-16(9-10-22-12-19-11-20-22)21-18-15-8-4-7-14(15)17(18)13-5-2-1-3-6-13/h1-3,5-6,11-12,14-15,17-18H,4,7-10H2,(H,21,23)/t14-,15+,17+,18+/m0/s1. The molecule has 0 unspecified atom stereocenters. The van der Waals surface area contributed by atoms with E-state index in [1.165, 1.54) is 31.2 Å². The van der Waals surface area contributed by atoms with E-state index in [0.717, 1.165) is 5.92 Å². The van der Waals surface area contributed by atoms with E-state index < -0.39 is 0 Å². The van der Waals surface area contributed by atoms with Crippen LogP contribution in [0.15, 0.2) is 43.0 Å². The number of rotatable bonds is 5. The second-order valence-corrected chi connectivity index (χ2v) is 6.70. The second kappa shape index (κ2) is 6.14. The highest BCUT2D eigenvalue weighted by atomic mass is 16.1. The van der Waals surface area contributed by atoms with Gasteiger partial charge in [-0.05, 0) is 30.2 Å². The minimum absolute atomic E-state index is 0.122. The molecule has 1 aromatic heterocycles. The Morgan fingerprint density at radius 3 is 2.83 bits per heavy atom. The summed E-state index contributed by atoms with van der Waals surface area (Å²) in [5.41, 5.74) is 1.37. The maximum atomic E-state index is 12.3. The number of hydrogen-bond donors (Lipinski definition) is 1. The van der Waals surface area contributed by atoms with Crippen molar-refractivity contribution in [1.82, 2.24) is 20.1 Å². The van der Waals surface area contributed by atoms with Gasteiger partial charge in [-0.2, -0.15) is 5.10 Å². The number of carbonyl (C=O) groups is 1. The van der Waals surface area contributed by atoms with Gasteiger partial charge in [0.1, 0.15) is 12.7 Å². The zero-order valence-electron chi connectivity index (χ0n) is 13.1. The lowest BCUT2D eigenvalue weighted by molar-refractivity contribution is -0.124. The Balaban J connectivity index is 1.41. The van der Waals surface area contributed by atoms with Gasteiger partial charge in [-0.25, -0.2) is 4.98 Å². The van der Waals surface area contributed by atoms with Gasteiger partial charge in [0.2, 0.25) is 5.91 Å². The Bertz CT molecular complexity index is 655. The highest BCUT2D eigenvalue weighted by Crippen LogP contribution is 2.55. The molecule has 0 radical (unpaired) electrons. The van der Waals surface area contributed by atoms with E-state index in [4.69, 9.17) is 0 Å². The number of nitrogens with zero attached hydrogens (tertiary/aromatic N) is 3. The van der Waals surface area contributed by atoms with Crippen LogP contribution in [0.1, 0.15) is 37.2 Å². The summed E-state index contributed by atoms with van der Waals surface area (Å²) < 4.78 is 1.70. The first kappa shape index (κ1) is 14.4. The number of aromatic nitrogens is 3. The lowest BCUT2D eigenvalue weighted by Crippen LogP contribution is -2.56. The number of amides is 1. The van der Waals surface area contributed by atoms with Crippen molar-refractivity contribution >= 4 is 5.91 Å². The Kier molecular flexibility index (Phi) is 3.85. The molecule has 1 heterocycles. The van der Waals surface area contributed by atoms with Crippen molar-refractivity contribution in [3.63, 3.8) is 0 Å². The molecule has 5 heteroatoms. The van der Waals surface area contributed by atoms with Crippen molar-refractivity contribution in [1.29, 1.82) is 0 Å². The molecule has 4 rings (SSSR count). The van der Waals surface area contributed by atoms with Crippen molar-refractivity contribution in [3.8, 4) is 0 Å². The highest BCUT2D eigenvalue weighted by Gasteiger charge is 2.53. The van der Waals surface area contributed by atoms with Crippen molar-refractivity contribution in [2.45, 2.75) is 44.2 Å². The first-order valence-corrected chi connectivity index (χ1v) is 8.49. The zero-order chi connectivity index (χ0) is 15.6. The molecule has 0 aliphatic heterocycles. The van der Waals surface area contributed by atoms with Gasteiger partial charge < -0.3 is 5.32 Å². The summed E-state index contributed by atoms with van der Waals surface area (Å²) in [6.45, 7) is 0.586. The summed E-state index contributed by atoms with van der Waals surface area (Å²) in [4.78, 5) is 16.2. The van der Waals surface area contributed by atoms with Crippen LogP contribution < -0.4 is 5.32 Å². The fourth-order valence-electron chi connectivity index (χ4n) is 4.45. The number of hydrogen-bond acceptors (Lipinski definition) is 3. The van der Waals surface area contributed by atoms with Crippen LogP contribution in [-0.2, 0) is 11.3 Å². The molecule has 2 aromatic rings. The lowest BCUT2D eigenvalue weighted by Gasteiger charge is -2.49. The van der Waals surface area contributed by atoms with E-state index in [9.17, 15) is 4.79 Å². The van der Waals surface area contributed by atoms with E-state index in [2.05, 4.69) is 45.7 Å². The summed E-state index contributed by atoms with van der Waals surface area (Å²) >= 11 is 0. The minimum atomic E-state index is 0.122. The molecule has 0 saturated heterocycles. The Labute approximate surface area is 136 Å².